The summed E-state index contributed by atoms with van der Waals surface area (Å²) in [7, 11) is 0. The fourth-order valence-electron chi connectivity index (χ4n) is 4.15. The molecule has 2 unspecified atom stereocenters. The molecule has 2 saturated heterocycles. The zero-order chi connectivity index (χ0) is 19.6. The van der Waals surface area contributed by atoms with Gasteiger partial charge in [0.25, 0.3) is 0 Å². The smallest absolute Gasteiger partial charge is 0.236 e. The Morgan fingerprint density at radius 3 is 2.30 bits per heavy atom. The van der Waals surface area contributed by atoms with Crippen LogP contribution in [-0.4, -0.2) is 84.4 Å². The fraction of sp³-hybridized carbons (Fsp3) is 0.905. The minimum absolute atomic E-state index is 0.130. The van der Waals surface area contributed by atoms with Crippen molar-refractivity contribution in [2.24, 2.45) is 0 Å². The first-order chi connectivity index (χ1) is 13.0. The second kappa shape index (κ2) is 11.6. The standard InChI is InChI=1S/C21H40N4O2/c1-4-5-6-9-18(2)22-20(26)16-23-12-14-24(15-13-23)17-21(27)25-11-8-7-10-19(25)3/h18-19H,4-17H2,1-3H3,(H,22,26). The van der Waals surface area contributed by atoms with Gasteiger partial charge in [0, 0.05) is 44.8 Å². The van der Waals surface area contributed by atoms with Crippen LogP contribution in [0.15, 0.2) is 0 Å². The molecule has 1 N–H and O–H groups in total. The highest BCUT2D eigenvalue weighted by Crippen LogP contribution is 2.17. The molecular formula is C21H40N4O2. The van der Waals surface area contributed by atoms with Gasteiger partial charge in [-0.15, -0.1) is 0 Å². The molecule has 0 spiro atoms. The first kappa shape index (κ1) is 22.2. The lowest BCUT2D eigenvalue weighted by atomic mass is 10.0. The van der Waals surface area contributed by atoms with E-state index in [1.54, 1.807) is 0 Å². The molecule has 0 radical (unpaired) electrons. The average molecular weight is 381 g/mol. The third-order valence-corrected chi connectivity index (χ3v) is 5.96. The highest BCUT2D eigenvalue weighted by molar-refractivity contribution is 5.79. The van der Waals surface area contributed by atoms with E-state index in [1.807, 2.05) is 0 Å². The predicted octanol–water partition coefficient (Wildman–Crippen LogP) is 2.09. The van der Waals surface area contributed by atoms with E-state index in [0.717, 1.165) is 52.0 Å². The van der Waals surface area contributed by atoms with Gasteiger partial charge in [-0.1, -0.05) is 26.2 Å². The molecule has 2 atom stereocenters. The highest BCUT2D eigenvalue weighted by atomic mass is 16.2. The topological polar surface area (TPSA) is 55.9 Å². The first-order valence-corrected chi connectivity index (χ1v) is 11.0. The second-order valence-electron chi connectivity index (χ2n) is 8.45. The van der Waals surface area contributed by atoms with Crippen LogP contribution in [0.25, 0.3) is 0 Å². The summed E-state index contributed by atoms with van der Waals surface area (Å²) in [5.74, 6) is 0.403. The number of hydrogen-bond donors (Lipinski definition) is 1. The second-order valence-corrected chi connectivity index (χ2v) is 8.45. The van der Waals surface area contributed by atoms with Crippen molar-refractivity contribution in [3.05, 3.63) is 0 Å². The molecule has 6 nitrogen and oxygen atoms in total. The molecule has 0 aromatic carbocycles. The molecule has 6 heteroatoms. The third-order valence-electron chi connectivity index (χ3n) is 5.96. The lowest BCUT2D eigenvalue weighted by Crippen LogP contribution is -2.53. The number of nitrogens with zero attached hydrogens (tertiary/aromatic N) is 3. The number of rotatable bonds is 9. The Bertz CT molecular complexity index is 463. The van der Waals surface area contributed by atoms with Gasteiger partial charge in [0.1, 0.15) is 0 Å². The summed E-state index contributed by atoms with van der Waals surface area (Å²) in [6.45, 7) is 11.8. The molecule has 156 valence electrons. The van der Waals surface area contributed by atoms with Crippen molar-refractivity contribution in [3.8, 4) is 0 Å². The number of nitrogens with one attached hydrogen (secondary N) is 1. The monoisotopic (exact) mass is 380 g/mol. The number of amides is 2. The van der Waals surface area contributed by atoms with Gasteiger partial charge in [-0.3, -0.25) is 19.4 Å². The van der Waals surface area contributed by atoms with Crippen molar-refractivity contribution < 1.29 is 9.59 Å². The van der Waals surface area contributed by atoms with Crippen LogP contribution in [-0.2, 0) is 9.59 Å². The Balaban J connectivity index is 1.63. The maximum atomic E-state index is 12.6. The van der Waals surface area contributed by atoms with E-state index >= 15 is 0 Å². The van der Waals surface area contributed by atoms with Gasteiger partial charge < -0.3 is 10.2 Å². The zero-order valence-electron chi connectivity index (χ0n) is 17.7. The summed E-state index contributed by atoms with van der Waals surface area (Å²) >= 11 is 0. The van der Waals surface area contributed by atoms with E-state index < -0.39 is 0 Å². The predicted molar refractivity (Wildman–Crippen MR) is 110 cm³/mol. The molecule has 2 heterocycles. The molecule has 2 aliphatic heterocycles. The van der Waals surface area contributed by atoms with Gasteiger partial charge in [-0.25, -0.2) is 0 Å². The van der Waals surface area contributed by atoms with Crippen LogP contribution in [0.3, 0.4) is 0 Å². The molecular weight excluding hydrogens is 340 g/mol. The lowest BCUT2D eigenvalue weighted by Gasteiger charge is -2.38. The molecule has 0 bridgehead atoms. The zero-order valence-corrected chi connectivity index (χ0v) is 17.7. The number of carbonyl (C=O) groups excluding carboxylic acids is 2. The average Bonchev–Trinajstić information content (AvgIpc) is 2.63. The lowest BCUT2D eigenvalue weighted by molar-refractivity contribution is -0.136. The highest BCUT2D eigenvalue weighted by Gasteiger charge is 2.26. The van der Waals surface area contributed by atoms with Crippen LogP contribution in [0.2, 0.25) is 0 Å². The Morgan fingerprint density at radius 1 is 1.00 bits per heavy atom. The number of piperazine rings is 1. The van der Waals surface area contributed by atoms with Gasteiger partial charge in [0.05, 0.1) is 13.1 Å². The Kier molecular flexibility index (Phi) is 9.56. The van der Waals surface area contributed by atoms with Gasteiger partial charge in [-0.2, -0.15) is 0 Å². The first-order valence-electron chi connectivity index (χ1n) is 11.0. The third kappa shape index (κ3) is 7.78. The van der Waals surface area contributed by atoms with Gasteiger partial charge in [0.15, 0.2) is 0 Å². The van der Waals surface area contributed by atoms with E-state index in [4.69, 9.17) is 0 Å². The molecule has 0 aromatic heterocycles. The summed E-state index contributed by atoms with van der Waals surface area (Å²) in [6, 6.07) is 0.644. The number of hydrogen-bond acceptors (Lipinski definition) is 4. The van der Waals surface area contributed by atoms with Gasteiger partial charge >= 0.3 is 0 Å². The van der Waals surface area contributed by atoms with Crippen molar-refractivity contribution >= 4 is 11.8 Å². The van der Waals surface area contributed by atoms with Crippen molar-refractivity contribution in [1.29, 1.82) is 0 Å². The summed E-state index contributed by atoms with van der Waals surface area (Å²) in [6.07, 6.45) is 8.19. The van der Waals surface area contributed by atoms with Crippen molar-refractivity contribution in [2.45, 2.75) is 77.8 Å². The maximum Gasteiger partial charge on any atom is 0.236 e. The van der Waals surface area contributed by atoms with Crippen LogP contribution in [0.1, 0.15) is 65.7 Å². The van der Waals surface area contributed by atoms with Crippen LogP contribution >= 0.6 is 0 Å². The van der Waals surface area contributed by atoms with Crippen LogP contribution in [0.4, 0.5) is 0 Å². The van der Waals surface area contributed by atoms with Gasteiger partial charge in [0.2, 0.25) is 11.8 Å². The molecule has 0 saturated carbocycles. The van der Waals surface area contributed by atoms with Crippen molar-refractivity contribution in [1.82, 2.24) is 20.0 Å². The van der Waals surface area contributed by atoms with E-state index in [9.17, 15) is 9.59 Å². The van der Waals surface area contributed by atoms with E-state index in [1.165, 1.54) is 25.7 Å². The number of unbranched alkanes of at least 4 members (excludes halogenated alkanes) is 2. The Morgan fingerprint density at radius 2 is 1.67 bits per heavy atom. The van der Waals surface area contributed by atoms with Crippen LogP contribution in [0.5, 0.6) is 0 Å². The summed E-state index contributed by atoms with van der Waals surface area (Å²) in [5, 5.41) is 3.12. The normalized spacial score (nSPS) is 23.2. The molecule has 2 amide bonds. The Labute approximate surface area is 165 Å². The van der Waals surface area contributed by atoms with Crippen LogP contribution < -0.4 is 5.32 Å². The minimum Gasteiger partial charge on any atom is -0.353 e. The van der Waals surface area contributed by atoms with Gasteiger partial charge in [-0.05, 0) is 39.5 Å². The van der Waals surface area contributed by atoms with Crippen molar-refractivity contribution in [3.63, 3.8) is 0 Å². The molecule has 0 aromatic rings. The largest absolute Gasteiger partial charge is 0.353 e. The van der Waals surface area contributed by atoms with E-state index in [0.29, 0.717) is 19.1 Å². The SMILES string of the molecule is CCCCCC(C)NC(=O)CN1CCN(CC(=O)N2CCCCC2C)CC1. The summed E-state index contributed by atoms with van der Waals surface area (Å²) in [4.78, 5) is 31.3. The molecule has 2 rings (SSSR count). The fourth-order valence-corrected chi connectivity index (χ4v) is 4.15. The molecule has 2 fully saturated rings. The quantitative estimate of drug-likeness (QED) is 0.623. The van der Waals surface area contributed by atoms with Crippen LogP contribution in [0, 0.1) is 0 Å². The molecule has 27 heavy (non-hydrogen) atoms. The summed E-state index contributed by atoms with van der Waals surface area (Å²) in [5.41, 5.74) is 0. The maximum absolute atomic E-state index is 12.6. The number of piperidine rings is 1. The summed E-state index contributed by atoms with van der Waals surface area (Å²) < 4.78 is 0. The number of likely N-dealkylation sites (tertiary alicyclic amines) is 1. The molecule has 2 aliphatic rings. The Hall–Kier alpha value is -1.14. The molecule has 0 aliphatic carbocycles. The van der Waals surface area contributed by atoms with E-state index in [-0.39, 0.29) is 17.9 Å². The van der Waals surface area contributed by atoms with Crippen molar-refractivity contribution in [2.75, 3.05) is 45.8 Å². The number of carbonyl (C=O) groups is 2. The minimum atomic E-state index is 0.130. The van der Waals surface area contributed by atoms with E-state index in [2.05, 4.69) is 40.8 Å².